The van der Waals surface area contributed by atoms with Gasteiger partial charge < -0.3 is 0 Å². The van der Waals surface area contributed by atoms with Crippen molar-refractivity contribution in [3.05, 3.63) is 58.7 Å². The Balaban J connectivity index is 2.65. The van der Waals surface area contributed by atoms with E-state index in [0.29, 0.717) is 0 Å². The van der Waals surface area contributed by atoms with Crippen LogP contribution in [0.5, 0.6) is 0 Å². The van der Waals surface area contributed by atoms with Crippen LogP contribution in [-0.2, 0) is 0 Å². The second kappa shape index (κ2) is 4.64. The molecule has 3 N–H and O–H groups in total. The zero-order valence-corrected chi connectivity index (χ0v) is 13.1. The average molecular weight is 292 g/mol. The quantitative estimate of drug-likeness (QED) is 0.743. The van der Waals surface area contributed by atoms with Crippen LogP contribution in [0.3, 0.4) is 0 Å². The molecule has 0 aliphatic heterocycles. The molecule has 0 saturated heterocycles. The van der Waals surface area contributed by atoms with E-state index in [1.54, 1.807) is 36.4 Å². The van der Waals surface area contributed by atoms with Crippen molar-refractivity contribution in [1.29, 1.82) is 0 Å². The summed E-state index contributed by atoms with van der Waals surface area (Å²) in [6.45, 7) is 7.64. The van der Waals surface area contributed by atoms with Gasteiger partial charge in [-0.1, -0.05) is 0 Å². The summed E-state index contributed by atoms with van der Waals surface area (Å²) >= 11 is 0. The van der Waals surface area contributed by atoms with Gasteiger partial charge in [-0.2, -0.15) is 0 Å². The minimum atomic E-state index is -5.05. The summed E-state index contributed by atoms with van der Waals surface area (Å²) in [7, 11) is -5.05. The molecule has 0 saturated carbocycles. The predicted molar refractivity (Wildman–Crippen MR) is 84.7 cm³/mol. The molecule has 0 bridgehead atoms. The van der Waals surface area contributed by atoms with Crippen LogP contribution in [-0.4, -0.2) is 14.7 Å². The van der Waals surface area contributed by atoms with E-state index in [1.165, 1.54) is 0 Å². The van der Waals surface area contributed by atoms with Crippen molar-refractivity contribution in [1.82, 2.24) is 0 Å². The average Bonchev–Trinajstić information content (AvgIpc) is 2.35. The first kappa shape index (κ1) is 15.1. The summed E-state index contributed by atoms with van der Waals surface area (Å²) in [6.07, 6.45) is 0. The first-order valence-electron chi connectivity index (χ1n) is 6.52. The zero-order valence-electron chi connectivity index (χ0n) is 12.3. The number of benzene rings is 2. The summed E-state index contributed by atoms with van der Waals surface area (Å²) in [6, 6.07) is 10.0. The van der Waals surface area contributed by atoms with Crippen LogP contribution in [0.25, 0.3) is 0 Å². The molecule has 0 aliphatic rings. The normalized spacial score (nSPS) is 13.8. The number of aryl methyl sites for hydroxylation is 4. The molecule has 0 unspecified atom stereocenters. The van der Waals surface area contributed by atoms with Crippen molar-refractivity contribution < 1.29 is 14.7 Å². The third kappa shape index (κ3) is 2.50. The molecule has 4 heteroatoms. The molecule has 2 rings (SSSR count). The molecule has 0 aromatic heterocycles. The van der Waals surface area contributed by atoms with Crippen LogP contribution in [0.15, 0.2) is 36.4 Å². The molecule has 0 heterocycles. The van der Waals surface area contributed by atoms with Crippen molar-refractivity contribution in [3.63, 3.8) is 0 Å². The second-order valence-corrected chi connectivity index (χ2v) is 8.51. The van der Waals surface area contributed by atoms with Crippen molar-refractivity contribution in [2.45, 2.75) is 27.7 Å². The van der Waals surface area contributed by atoms with Crippen molar-refractivity contribution in [2.24, 2.45) is 0 Å². The standard InChI is InChI=1S/C16H21O3P/c1-11-5-7-15(9-13(11)3)20(17,18,19)16-8-6-12(2)14(4)10-16/h5-10,17-19H,1-4H3. The van der Waals surface area contributed by atoms with Crippen LogP contribution in [0, 0.1) is 27.7 Å². The van der Waals surface area contributed by atoms with E-state index in [1.807, 2.05) is 27.7 Å². The monoisotopic (exact) mass is 292 g/mol. The van der Waals surface area contributed by atoms with Crippen LogP contribution in [0.4, 0.5) is 0 Å². The molecule has 0 amide bonds. The van der Waals surface area contributed by atoms with E-state index in [-0.39, 0.29) is 10.6 Å². The molecular weight excluding hydrogens is 271 g/mol. The topological polar surface area (TPSA) is 60.7 Å². The van der Waals surface area contributed by atoms with Crippen LogP contribution in [0.2, 0.25) is 0 Å². The van der Waals surface area contributed by atoms with Gasteiger partial charge in [-0.05, 0) is 0 Å². The fourth-order valence-electron chi connectivity index (χ4n) is 2.11. The molecule has 0 atom stereocenters. The molecular formula is C16H21O3P. The van der Waals surface area contributed by atoms with Gasteiger partial charge in [0.2, 0.25) is 0 Å². The third-order valence-electron chi connectivity index (χ3n) is 3.93. The molecule has 0 aliphatic carbocycles. The van der Waals surface area contributed by atoms with E-state index < -0.39 is 7.28 Å². The fraction of sp³-hybridized carbons (Fsp3) is 0.250. The first-order chi connectivity index (χ1) is 9.10. The Bertz CT molecular complexity index is 614. The van der Waals surface area contributed by atoms with Gasteiger partial charge in [-0.3, -0.25) is 0 Å². The Morgan fingerprint density at radius 3 is 1.25 bits per heavy atom. The first-order valence-corrected chi connectivity index (χ1v) is 8.62. The van der Waals surface area contributed by atoms with Crippen LogP contribution >= 0.6 is 7.28 Å². The van der Waals surface area contributed by atoms with Gasteiger partial charge in [0.1, 0.15) is 0 Å². The van der Waals surface area contributed by atoms with Gasteiger partial charge >= 0.3 is 119 Å². The second-order valence-electron chi connectivity index (χ2n) is 5.52. The SMILES string of the molecule is Cc1ccc(P(O)(O)(O)c2ccc(C)c(C)c2)cc1C. The zero-order chi connectivity index (χ0) is 15.2. The molecule has 0 radical (unpaired) electrons. The van der Waals surface area contributed by atoms with Crippen molar-refractivity contribution in [2.75, 3.05) is 0 Å². The van der Waals surface area contributed by atoms with Gasteiger partial charge in [0.05, 0.1) is 0 Å². The van der Waals surface area contributed by atoms with Gasteiger partial charge in [0.15, 0.2) is 0 Å². The van der Waals surface area contributed by atoms with Gasteiger partial charge in [-0.25, -0.2) is 0 Å². The van der Waals surface area contributed by atoms with E-state index in [4.69, 9.17) is 0 Å². The molecule has 2 aromatic rings. The maximum absolute atomic E-state index is 10.6. The van der Waals surface area contributed by atoms with E-state index in [2.05, 4.69) is 0 Å². The van der Waals surface area contributed by atoms with Gasteiger partial charge in [0, 0.05) is 0 Å². The minimum absolute atomic E-state index is 0.169. The molecule has 108 valence electrons. The number of rotatable bonds is 2. The summed E-state index contributed by atoms with van der Waals surface area (Å²) in [4.78, 5) is 31.8. The van der Waals surface area contributed by atoms with Crippen LogP contribution < -0.4 is 10.6 Å². The molecule has 2 aromatic carbocycles. The predicted octanol–water partition coefficient (Wildman–Crippen LogP) is 2.15. The molecule has 0 spiro atoms. The maximum atomic E-state index is 10.6. The summed E-state index contributed by atoms with van der Waals surface area (Å²) in [5, 5.41) is 0.338. The van der Waals surface area contributed by atoms with E-state index in [9.17, 15) is 14.7 Å². The Hall–Kier alpha value is -1.25. The number of hydrogen-bond acceptors (Lipinski definition) is 3. The summed E-state index contributed by atoms with van der Waals surface area (Å²) in [5.41, 5.74) is 3.91. The van der Waals surface area contributed by atoms with Crippen molar-refractivity contribution in [3.8, 4) is 0 Å². The molecule has 3 nitrogen and oxygen atoms in total. The third-order valence-corrected chi connectivity index (χ3v) is 6.39. The van der Waals surface area contributed by atoms with Crippen molar-refractivity contribution >= 4 is 17.9 Å². The van der Waals surface area contributed by atoms with Gasteiger partial charge in [0.25, 0.3) is 0 Å². The van der Waals surface area contributed by atoms with Gasteiger partial charge in [-0.15, -0.1) is 0 Å². The number of hydrogen-bond donors (Lipinski definition) is 3. The van der Waals surface area contributed by atoms with Crippen LogP contribution in [0.1, 0.15) is 22.3 Å². The van der Waals surface area contributed by atoms with E-state index >= 15 is 0 Å². The Labute approximate surface area is 119 Å². The Morgan fingerprint density at radius 1 is 0.600 bits per heavy atom. The fourth-order valence-corrected chi connectivity index (χ4v) is 3.97. The Morgan fingerprint density at radius 2 is 0.950 bits per heavy atom. The molecule has 0 fully saturated rings. The summed E-state index contributed by atoms with van der Waals surface area (Å²) < 4.78 is 0. The Kier molecular flexibility index (Phi) is 3.52. The summed E-state index contributed by atoms with van der Waals surface area (Å²) in [5.74, 6) is 0. The molecule has 20 heavy (non-hydrogen) atoms. The van der Waals surface area contributed by atoms with E-state index in [0.717, 1.165) is 22.3 Å².